The molecule has 0 saturated carbocycles. The summed E-state index contributed by atoms with van der Waals surface area (Å²) in [6.45, 7) is 3.52. The van der Waals surface area contributed by atoms with E-state index < -0.39 is 5.82 Å². The highest BCUT2D eigenvalue weighted by Gasteiger charge is 2.27. The molecule has 0 aliphatic carbocycles. The first-order valence-corrected chi connectivity index (χ1v) is 9.77. The molecule has 3 aromatic heterocycles. The average Bonchev–Trinajstić information content (AvgIpc) is 3.32. The number of aromatic nitrogens is 7. The monoisotopic (exact) mass is 412 g/mol. The summed E-state index contributed by atoms with van der Waals surface area (Å²) in [5, 5.41) is 17.6. The minimum atomic E-state index is -0.406. The first-order valence-electron chi connectivity index (χ1n) is 9.39. The van der Waals surface area contributed by atoms with Crippen LogP contribution < -0.4 is 4.90 Å². The predicted molar refractivity (Wildman–Crippen MR) is 107 cm³/mol. The first kappa shape index (κ1) is 18.0. The van der Waals surface area contributed by atoms with E-state index in [0.29, 0.717) is 16.2 Å². The minimum Gasteiger partial charge on any atom is -0.340 e. The summed E-state index contributed by atoms with van der Waals surface area (Å²) in [5.41, 5.74) is 2.07. The number of fused-ring (bicyclic) bond motifs is 1. The highest BCUT2D eigenvalue weighted by atomic mass is 35.5. The van der Waals surface area contributed by atoms with E-state index in [9.17, 15) is 4.39 Å². The van der Waals surface area contributed by atoms with Crippen LogP contribution in [0.4, 0.5) is 10.3 Å². The second kappa shape index (κ2) is 7.07. The molecule has 4 heterocycles. The number of halogens is 2. The van der Waals surface area contributed by atoms with Crippen molar-refractivity contribution in [3.63, 3.8) is 0 Å². The number of nitrogens with zero attached hydrogens (tertiary/aromatic N) is 8. The van der Waals surface area contributed by atoms with Crippen molar-refractivity contribution in [2.75, 3.05) is 18.0 Å². The third-order valence-corrected chi connectivity index (χ3v) is 5.52. The Morgan fingerprint density at radius 2 is 1.83 bits per heavy atom. The Hall–Kier alpha value is -3.07. The van der Waals surface area contributed by atoms with Crippen molar-refractivity contribution in [2.45, 2.75) is 25.8 Å². The van der Waals surface area contributed by atoms with Gasteiger partial charge in [-0.1, -0.05) is 16.8 Å². The number of benzene rings is 1. The molecular weight excluding hydrogens is 395 g/mol. The summed E-state index contributed by atoms with van der Waals surface area (Å²) in [7, 11) is 0. The second-order valence-corrected chi connectivity index (χ2v) is 7.54. The van der Waals surface area contributed by atoms with Crippen molar-refractivity contribution in [3.8, 4) is 5.69 Å². The van der Waals surface area contributed by atoms with Gasteiger partial charge in [0.25, 0.3) is 0 Å². The summed E-state index contributed by atoms with van der Waals surface area (Å²) in [5.74, 6) is 1.22. The van der Waals surface area contributed by atoms with Gasteiger partial charge in [-0.25, -0.2) is 14.1 Å². The number of hydrogen-bond donors (Lipinski definition) is 0. The van der Waals surface area contributed by atoms with Crippen LogP contribution in [0, 0.1) is 12.7 Å². The molecule has 1 aliphatic heterocycles. The summed E-state index contributed by atoms with van der Waals surface area (Å²) >= 11 is 6.03. The zero-order valence-electron chi connectivity index (χ0n) is 15.7. The lowest BCUT2D eigenvalue weighted by molar-refractivity contribution is 0.364. The molecule has 1 aromatic carbocycles. The van der Waals surface area contributed by atoms with Gasteiger partial charge >= 0.3 is 0 Å². The zero-order chi connectivity index (χ0) is 20.0. The maximum absolute atomic E-state index is 13.4. The molecule has 0 spiro atoms. The van der Waals surface area contributed by atoms with Gasteiger partial charge in [-0.3, -0.25) is 4.57 Å². The van der Waals surface area contributed by atoms with E-state index in [1.165, 1.54) is 12.3 Å². The Kier molecular flexibility index (Phi) is 4.39. The Morgan fingerprint density at radius 1 is 1.07 bits per heavy atom. The molecule has 0 bridgehead atoms. The minimum absolute atomic E-state index is 0.155. The molecule has 4 aromatic rings. The van der Waals surface area contributed by atoms with Crippen LogP contribution in [0.3, 0.4) is 0 Å². The normalized spacial score (nSPS) is 15.3. The van der Waals surface area contributed by atoms with Crippen molar-refractivity contribution in [1.82, 2.24) is 34.7 Å². The molecule has 0 amide bonds. The largest absolute Gasteiger partial charge is 0.340 e. The van der Waals surface area contributed by atoms with Crippen LogP contribution in [0.2, 0.25) is 5.02 Å². The fraction of sp³-hybridized carbons (Fsp3) is 0.316. The number of pyridine rings is 1. The van der Waals surface area contributed by atoms with Crippen LogP contribution in [0.1, 0.15) is 24.7 Å². The molecule has 8 nitrogen and oxygen atoms in total. The second-order valence-electron chi connectivity index (χ2n) is 7.11. The third kappa shape index (κ3) is 3.21. The van der Waals surface area contributed by atoms with E-state index in [1.54, 1.807) is 4.68 Å². The van der Waals surface area contributed by atoms with Gasteiger partial charge in [-0.05, 0) is 44.0 Å². The maximum Gasteiger partial charge on any atom is 0.231 e. The molecule has 0 N–H and O–H groups in total. The Balaban J connectivity index is 1.38. The van der Waals surface area contributed by atoms with Crippen molar-refractivity contribution in [2.24, 2.45) is 0 Å². The molecule has 10 heteroatoms. The molecule has 0 atom stereocenters. The molecule has 148 valence electrons. The lowest BCUT2D eigenvalue weighted by atomic mass is 10.1. The fourth-order valence-corrected chi connectivity index (χ4v) is 3.94. The Morgan fingerprint density at radius 3 is 2.59 bits per heavy atom. The molecule has 1 fully saturated rings. The molecular formula is C19H18ClFN8. The van der Waals surface area contributed by atoms with Gasteiger partial charge in [-0.2, -0.15) is 0 Å². The van der Waals surface area contributed by atoms with E-state index in [2.05, 4.69) is 30.4 Å². The van der Waals surface area contributed by atoms with E-state index in [0.717, 1.165) is 43.4 Å². The lowest BCUT2D eigenvalue weighted by Gasteiger charge is -2.32. The zero-order valence-corrected chi connectivity index (χ0v) is 16.5. The van der Waals surface area contributed by atoms with Crippen molar-refractivity contribution < 1.29 is 4.39 Å². The first-order chi connectivity index (χ1) is 14.1. The van der Waals surface area contributed by atoms with Gasteiger partial charge in [0.2, 0.25) is 5.95 Å². The lowest BCUT2D eigenvalue weighted by Crippen LogP contribution is -2.36. The summed E-state index contributed by atoms with van der Waals surface area (Å²) in [6.07, 6.45) is 2.91. The van der Waals surface area contributed by atoms with Gasteiger partial charge in [0, 0.05) is 24.2 Å². The van der Waals surface area contributed by atoms with Gasteiger partial charge in [-0.15, -0.1) is 15.3 Å². The fourth-order valence-electron chi connectivity index (χ4n) is 3.81. The third-order valence-electron chi connectivity index (χ3n) is 5.27. The number of anilines is 1. The van der Waals surface area contributed by atoms with Gasteiger partial charge in [0.05, 0.1) is 17.9 Å². The van der Waals surface area contributed by atoms with E-state index in [1.807, 2.05) is 35.8 Å². The SMILES string of the molecule is Cc1nnc(N2CCC(n3nnc4cc(F)cnc43)CC2)n1-c1ccc(Cl)cc1. The molecule has 1 saturated heterocycles. The molecule has 0 radical (unpaired) electrons. The highest BCUT2D eigenvalue weighted by Crippen LogP contribution is 2.29. The van der Waals surface area contributed by atoms with Crippen LogP contribution in [-0.2, 0) is 0 Å². The van der Waals surface area contributed by atoms with Crippen LogP contribution in [0.5, 0.6) is 0 Å². The quantitative estimate of drug-likeness (QED) is 0.513. The standard InChI is InChI=1S/C19H18ClFN8/c1-12-23-25-19(28(12)15-4-2-13(20)3-5-15)27-8-6-16(7-9-27)29-18-17(24-26-29)10-14(21)11-22-18/h2-5,10-11,16H,6-9H2,1H3. The number of hydrogen-bond acceptors (Lipinski definition) is 6. The average molecular weight is 413 g/mol. The summed E-state index contributed by atoms with van der Waals surface area (Å²) in [6, 6.07) is 9.15. The Labute approximate surface area is 170 Å². The molecule has 5 rings (SSSR count). The highest BCUT2D eigenvalue weighted by molar-refractivity contribution is 6.30. The van der Waals surface area contributed by atoms with Crippen molar-refractivity contribution >= 4 is 28.7 Å². The van der Waals surface area contributed by atoms with E-state index >= 15 is 0 Å². The van der Waals surface area contributed by atoms with Crippen LogP contribution in [0.15, 0.2) is 36.5 Å². The Bertz CT molecular complexity index is 1160. The maximum atomic E-state index is 13.4. The molecule has 1 aliphatic rings. The van der Waals surface area contributed by atoms with Crippen LogP contribution in [-0.4, -0.2) is 47.8 Å². The molecule has 29 heavy (non-hydrogen) atoms. The number of aryl methyl sites for hydroxylation is 1. The van der Waals surface area contributed by atoms with Gasteiger partial charge < -0.3 is 4.90 Å². The van der Waals surface area contributed by atoms with Crippen LogP contribution >= 0.6 is 11.6 Å². The topological polar surface area (TPSA) is 77.6 Å². The summed E-state index contributed by atoms with van der Waals surface area (Å²) in [4.78, 5) is 6.39. The number of piperidine rings is 1. The van der Waals surface area contributed by atoms with Crippen LogP contribution in [0.25, 0.3) is 16.9 Å². The van der Waals surface area contributed by atoms with E-state index in [4.69, 9.17) is 11.6 Å². The van der Waals surface area contributed by atoms with E-state index in [-0.39, 0.29) is 6.04 Å². The van der Waals surface area contributed by atoms with Crippen molar-refractivity contribution in [1.29, 1.82) is 0 Å². The molecule has 0 unspecified atom stereocenters. The smallest absolute Gasteiger partial charge is 0.231 e. The predicted octanol–water partition coefficient (Wildman–Crippen LogP) is 3.35. The van der Waals surface area contributed by atoms with Crippen molar-refractivity contribution in [3.05, 3.63) is 53.2 Å². The number of rotatable bonds is 3. The van der Waals surface area contributed by atoms with Gasteiger partial charge in [0.1, 0.15) is 17.2 Å². The summed E-state index contributed by atoms with van der Waals surface area (Å²) < 4.78 is 17.2. The van der Waals surface area contributed by atoms with Gasteiger partial charge in [0.15, 0.2) is 5.65 Å².